The van der Waals surface area contributed by atoms with E-state index in [1.165, 1.54) is 7.11 Å². The van der Waals surface area contributed by atoms with Crippen LogP contribution in [0.2, 0.25) is 0 Å². The largest absolute Gasteiger partial charge is 0.495 e. The number of fused-ring (bicyclic) bond motifs is 1. The van der Waals surface area contributed by atoms with Gasteiger partial charge in [-0.25, -0.2) is 13.4 Å². The molecule has 0 amide bonds. The normalized spacial score (nSPS) is 18.5. The molecule has 3 aromatic rings. The van der Waals surface area contributed by atoms with Crippen LogP contribution in [0.3, 0.4) is 0 Å². The highest BCUT2D eigenvalue weighted by molar-refractivity contribution is 7.89. The molecule has 1 saturated heterocycles. The fraction of sp³-hybridized carbons (Fsp3) is 0.316. The average molecular weight is 389 g/mol. The Morgan fingerprint density at radius 3 is 2.81 bits per heavy atom. The predicted molar refractivity (Wildman–Crippen MR) is 103 cm³/mol. The fourth-order valence-corrected chi connectivity index (χ4v) is 6.50. The molecule has 1 aliphatic heterocycles. The monoisotopic (exact) mass is 388 g/mol. The van der Waals surface area contributed by atoms with Crippen LogP contribution in [0.5, 0.6) is 5.75 Å². The quantitative estimate of drug-likeness (QED) is 0.674. The third-order valence-corrected chi connectivity index (χ3v) is 7.77. The number of thiazole rings is 1. The molecule has 1 atom stereocenters. The molecule has 4 rings (SSSR count). The molecule has 5 nitrogen and oxygen atoms in total. The van der Waals surface area contributed by atoms with Gasteiger partial charge in [-0.1, -0.05) is 18.2 Å². The summed E-state index contributed by atoms with van der Waals surface area (Å²) in [5.74, 6) is 0.380. The zero-order chi connectivity index (χ0) is 18.3. The van der Waals surface area contributed by atoms with Gasteiger partial charge in [-0.15, -0.1) is 11.3 Å². The van der Waals surface area contributed by atoms with Crippen molar-refractivity contribution < 1.29 is 13.2 Å². The molecule has 0 N–H and O–H groups in total. The zero-order valence-corrected chi connectivity index (χ0v) is 16.3. The number of ether oxygens (including phenoxy) is 1. The Morgan fingerprint density at radius 2 is 2.04 bits per heavy atom. The number of nitrogens with zero attached hydrogens (tertiary/aromatic N) is 2. The zero-order valence-electron chi connectivity index (χ0n) is 14.7. The van der Waals surface area contributed by atoms with Crippen LogP contribution in [0.15, 0.2) is 47.4 Å². The highest BCUT2D eigenvalue weighted by Crippen LogP contribution is 2.41. The summed E-state index contributed by atoms with van der Waals surface area (Å²) >= 11 is 1.57. The van der Waals surface area contributed by atoms with Crippen LogP contribution in [0.4, 0.5) is 0 Å². The first-order valence-electron chi connectivity index (χ1n) is 8.52. The van der Waals surface area contributed by atoms with Crippen molar-refractivity contribution in [3.8, 4) is 5.75 Å². The van der Waals surface area contributed by atoms with Gasteiger partial charge in [-0.05, 0) is 49.6 Å². The topological polar surface area (TPSA) is 59.5 Å². The second kappa shape index (κ2) is 6.64. The third kappa shape index (κ3) is 2.90. The summed E-state index contributed by atoms with van der Waals surface area (Å²) in [5.41, 5.74) is 1.81. The summed E-state index contributed by atoms with van der Waals surface area (Å²) in [5, 5.41) is 0.860. The number of methoxy groups -OCH3 is 1. The van der Waals surface area contributed by atoms with Crippen molar-refractivity contribution in [1.82, 2.24) is 9.29 Å². The van der Waals surface area contributed by atoms with Gasteiger partial charge in [-0.3, -0.25) is 0 Å². The van der Waals surface area contributed by atoms with E-state index in [4.69, 9.17) is 9.72 Å². The Hall–Kier alpha value is -1.96. The smallest absolute Gasteiger partial charge is 0.247 e. The Labute approximate surface area is 157 Å². The van der Waals surface area contributed by atoms with E-state index in [9.17, 15) is 8.42 Å². The van der Waals surface area contributed by atoms with Gasteiger partial charge in [0.2, 0.25) is 10.0 Å². The van der Waals surface area contributed by atoms with Gasteiger partial charge in [-0.2, -0.15) is 4.31 Å². The molecule has 2 aromatic carbocycles. The molecular weight excluding hydrogens is 368 g/mol. The molecule has 0 radical (unpaired) electrons. The maximum atomic E-state index is 13.4. The summed E-state index contributed by atoms with van der Waals surface area (Å²) in [6, 6.07) is 12.9. The van der Waals surface area contributed by atoms with Gasteiger partial charge in [0.1, 0.15) is 15.7 Å². The molecule has 1 aliphatic rings. The van der Waals surface area contributed by atoms with Crippen molar-refractivity contribution in [2.75, 3.05) is 13.7 Å². The number of benzene rings is 2. The lowest BCUT2D eigenvalue weighted by Gasteiger charge is -2.23. The molecule has 26 heavy (non-hydrogen) atoms. The molecule has 7 heteroatoms. The number of hydrogen-bond acceptors (Lipinski definition) is 5. The molecule has 2 heterocycles. The molecule has 0 unspecified atom stereocenters. The van der Waals surface area contributed by atoms with Crippen molar-refractivity contribution in [2.45, 2.75) is 30.7 Å². The molecule has 0 saturated carbocycles. The number of rotatable bonds is 4. The highest BCUT2D eigenvalue weighted by Gasteiger charge is 2.39. The van der Waals surface area contributed by atoms with Gasteiger partial charge in [0.15, 0.2) is 0 Å². The van der Waals surface area contributed by atoms with Crippen LogP contribution >= 0.6 is 11.3 Å². The van der Waals surface area contributed by atoms with E-state index in [-0.39, 0.29) is 10.9 Å². The Morgan fingerprint density at radius 1 is 1.23 bits per heavy atom. The maximum absolute atomic E-state index is 13.4. The van der Waals surface area contributed by atoms with E-state index in [2.05, 4.69) is 0 Å². The lowest BCUT2D eigenvalue weighted by atomic mass is 10.2. The first kappa shape index (κ1) is 17.5. The SMILES string of the molecule is COc1ccc(C)cc1S(=O)(=O)N1CCC[C@@H]1c1nc2ccccc2s1. The summed E-state index contributed by atoms with van der Waals surface area (Å²) in [6.07, 6.45) is 1.61. The van der Waals surface area contributed by atoms with Crippen LogP contribution in [-0.4, -0.2) is 31.4 Å². The van der Waals surface area contributed by atoms with E-state index in [0.717, 1.165) is 33.6 Å². The lowest BCUT2D eigenvalue weighted by Crippen LogP contribution is -2.31. The minimum absolute atomic E-state index is 0.220. The number of sulfonamides is 1. The van der Waals surface area contributed by atoms with Crippen LogP contribution in [0, 0.1) is 6.92 Å². The van der Waals surface area contributed by atoms with Gasteiger partial charge < -0.3 is 4.74 Å². The van der Waals surface area contributed by atoms with Crippen molar-refractivity contribution in [1.29, 1.82) is 0 Å². The molecule has 136 valence electrons. The molecule has 0 bridgehead atoms. The number of aromatic nitrogens is 1. The number of para-hydroxylation sites is 1. The van der Waals surface area contributed by atoms with Crippen molar-refractivity contribution in [3.63, 3.8) is 0 Å². The fourth-order valence-electron chi connectivity index (χ4n) is 3.42. The molecular formula is C19H20N2O3S2. The molecule has 0 spiro atoms. The predicted octanol–water partition coefficient (Wildman–Crippen LogP) is 4.14. The highest BCUT2D eigenvalue weighted by atomic mass is 32.2. The van der Waals surface area contributed by atoms with Crippen LogP contribution in [0.1, 0.15) is 29.5 Å². The summed E-state index contributed by atoms with van der Waals surface area (Å²) < 4.78 is 34.8. The van der Waals surface area contributed by atoms with Crippen molar-refractivity contribution >= 4 is 31.6 Å². The van der Waals surface area contributed by atoms with E-state index >= 15 is 0 Å². The minimum Gasteiger partial charge on any atom is -0.495 e. The molecule has 1 fully saturated rings. The van der Waals surface area contributed by atoms with E-state index < -0.39 is 10.0 Å². The van der Waals surface area contributed by atoms with E-state index in [1.807, 2.05) is 37.3 Å². The molecule has 0 aliphatic carbocycles. The molecule has 1 aromatic heterocycles. The van der Waals surface area contributed by atoms with Crippen LogP contribution in [0.25, 0.3) is 10.2 Å². The van der Waals surface area contributed by atoms with Gasteiger partial charge >= 0.3 is 0 Å². The minimum atomic E-state index is -3.66. The lowest BCUT2D eigenvalue weighted by molar-refractivity contribution is 0.380. The number of hydrogen-bond donors (Lipinski definition) is 0. The Bertz CT molecular complexity index is 1030. The van der Waals surface area contributed by atoms with E-state index in [1.54, 1.807) is 27.8 Å². The van der Waals surface area contributed by atoms with Crippen molar-refractivity contribution in [2.24, 2.45) is 0 Å². The number of aryl methyl sites for hydroxylation is 1. The maximum Gasteiger partial charge on any atom is 0.247 e. The van der Waals surface area contributed by atoms with Crippen LogP contribution in [-0.2, 0) is 10.0 Å². The second-order valence-corrected chi connectivity index (χ2v) is 9.37. The average Bonchev–Trinajstić information content (AvgIpc) is 3.28. The summed E-state index contributed by atoms with van der Waals surface area (Å²) in [6.45, 7) is 2.38. The van der Waals surface area contributed by atoms with Crippen LogP contribution < -0.4 is 4.74 Å². The Kier molecular flexibility index (Phi) is 4.46. The summed E-state index contributed by atoms with van der Waals surface area (Å²) in [4.78, 5) is 4.92. The second-order valence-electron chi connectivity index (χ2n) is 6.45. The first-order chi connectivity index (χ1) is 12.5. The summed E-state index contributed by atoms with van der Waals surface area (Å²) in [7, 11) is -2.17. The van der Waals surface area contributed by atoms with Crippen molar-refractivity contribution in [3.05, 3.63) is 53.0 Å². The standard InChI is InChI=1S/C19H20N2O3S2/c1-13-9-10-16(24-2)18(12-13)26(22,23)21-11-5-7-15(21)19-20-14-6-3-4-8-17(14)25-19/h3-4,6,8-10,12,15H,5,7,11H2,1-2H3/t15-/m1/s1. The Balaban J connectivity index is 1.77. The van der Waals surface area contributed by atoms with E-state index in [0.29, 0.717) is 12.3 Å². The first-order valence-corrected chi connectivity index (χ1v) is 10.8. The van der Waals surface area contributed by atoms with Gasteiger partial charge in [0.25, 0.3) is 0 Å². The third-order valence-electron chi connectivity index (χ3n) is 4.70. The van der Waals surface area contributed by atoms with Gasteiger partial charge in [0.05, 0.1) is 23.4 Å². The van der Waals surface area contributed by atoms with Gasteiger partial charge in [0, 0.05) is 6.54 Å².